The van der Waals surface area contributed by atoms with Crippen LogP contribution in [-0.4, -0.2) is 15.9 Å². The van der Waals surface area contributed by atoms with E-state index in [1.807, 2.05) is 0 Å². The van der Waals surface area contributed by atoms with Crippen molar-refractivity contribution in [2.24, 2.45) is 0 Å². The molecule has 1 aromatic carbocycles. The van der Waals surface area contributed by atoms with Crippen LogP contribution in [0.4, 0.5) is 9.52 Å². The number of thiazole rings is 1. The van der Waals surface area contributed by atoms with Gasteiger partial charge in [0.25, 0.3) is 5.91 Å². The summed E-state index contributed by atoms with van der Waals surface area (Å²) >= 11 is 13.3. The van der Waals surface area contributed by atoms with Crippen LogP contribution in [0.5, 0.6) is 0 Å². The number of hydrogen-bond acceptors (Lipinski definition) is 4. The first-order valence-electron chi connectivity index (χ1n) is 6.37. The lowest BCUT2D eigenvalue weighted by Gasteiger charge is -2.02. The fraction of sp³-hybridized carbons (Fsp3) is 0. The van der Waals surface area contributed by atoms with Crippen molar-refractivity contribution in [3.8, 4) is 11.3 Å². The van der Waals surface area contributed by atoms with Gasteiger partial charge in [0, 0.05) is 22.2 Å². The minimum atomic E-state index is -0.643. The van der Waals surface area contributed by atoms with E-state index in [0.717, 1.165) is 17.8 Å². The molecule has 2 aromatic heterocycles. The summed E-state index contributed by atoms with van der Waals surface area (Å²) in [5, 5.41) is 5.82. The molecule has 8 heteroatoms. The van der Waals surface area contributed by atoms with Crippen LogP contribution < -0.4 is 5.32 Å². The Morgan fingerprint density at radius 2 is 2.04 bits per heavy atom. The van der Waals surface area contributed by atoms with E-state index in [9.17, 15) is 9.18 Å². The van der Waals surface area contributed by atoms with Gasteiger partial charge in [0.05, 0.1) is 16.3 Å². The Morgan fingerprint density at radius 1 is 1.22 bits per heavy atom. The lowest BCUT2D eigenvalue weighted by molar-refractivity contribution is 0.102. The molecule has 0 fully saturated rings. The molecular formula is C15H8Cl2FN3OS. The summed E-state index contributed by atoms with van der Waals surface area (Å²) in [5.74, 6) is -1.06. The number of benzene rings is 1. The van der Waals surface area contributed by atoms with Crippen molar-refractivity contribution in [1.82, 2.24) is 9.97 Å². The van der Waals surface area contributed by atoms with Crippen molar-refractivity contribution < 1.29 is 9.18 Å². The number of nitrogens with one attached hydrogen (secondary N) is 1. The first kappa shape index (κ1) is 15.9. The van der Waals surface area contributed by atoms with Gasteiger partial charge in [-0.2, -0.15) is 4.39 Å². The van der Waals surface area contributed by atoms with E-state index in [2.05, 4.69) is 15.3 Å². The largest absolute Gasteiger partial charge is 0.298 e. The molecule has 116 valence electrons. The fourth-order valence-electron chi connectivity index (χ4n) is 1.83. The molecule has 0 bridgehead atoms. The SMILES string of the molecule is O=C(Nc1nc(-c2ccc(Cl)cc2Cl)cs1)c1ccc(F)nc1. The van der Waals surface area contributed by atoms with Gasteiger partial charge in [-0.3, -0.25) is 10.1 Å². The summed E-state index contributed by atoms with van der Waals surface area (Å²) < 4.78 is 12.8. The molecular weight excluding hydrogens is 360 g/mol. The lowest BCUT2D eigenvalue weighted by atomic mass is 10.2. The zero-order valence-electron chi connectivity index (χ0n) is 11.4. The number of hydrogen-bond donors (Lipinski definition) is 1. The number of nitrogens with zero attached hydrogens (tertiary/aromatic N) is 2. The van der Waals surface area contributed by atoms with Gasteiger partial charge in [-0.15, -0.1) is 11.3 Å². The van der Waals surface area contributed by atoms with Crippen molar-refractivity contribution in [1.29, 1.82) is 0 Å². The maximum Gasteiger partial charge on any atom is 0.259 e. The minimum absolute atomic E-state index is 0.243. The van der Waals surface area contributed by atoms with Gasteiger partial charge in [-0.1, -0.05) is 23.2 Å². The van der Waals surface area contributed by atoms with Crippen LogP contribution in [-0.2, 0) is 0 Å². The van der Waals surface area contributed by atoms with Gasteiger partial charge in [0.15, 0.2) is 5.13 Å². The summed E-state index contributed by atoms with van der Waals surface area (Å²) in [4.78, 5) is 19.8. The highest BCUT2D eigenvalue weighted by Crippen LogP contribution is 2.32. The average molecular weight is 368 g/mol. The Morgan fingerprint density at radius 3 is 2.74 bits per heavy atom. The van der Waals surface area contributed by atoms with Crippen LogP contribution in [0.2, 0.25) is 10.0 Å². The molecule has 0 saturated carbocycles. The van der Waals surface area contributed by atoms with Crippen LogP contribution >= 0.6 is 34.5 Å². The van der Waals surface area contributed by atoms with Crippen LogP contribution in [0.25, 0.3) is 11.3 Å². The third-order valence-electron chi connectivity index (χ3n) is 2.92. The van der Waals surface area contributed by atoms with Crippen molar-refractivity contribution in [3.63, 3.8) is 0 Å². The standard InChI is InChI=1S/C15H8Cl2FN3OS/c16-9-2-3-10(11(17)5-9)12-7-23-15(20-12)21-14(22)8-1-4-13(18)19-6-8/h1-7H,(H,20,21,22). The van der Waals surface area contributed by atoms with Crippen LogP contribution in [0, 0.1) is 5.95 Å². The van der Waals surface area contributed by atoms with Crippen molar-refractivity contribution >= 4 is 45.6 Å². The summed E-state index contributed by atoms with van der Waals surface area (Å²) in [6, 6.07) is 7.57. The molecule has 0 aliphatic rings. The second-order valence-corrected chi connectivity index (χ2v) is 6.19. The van der Waals surface area contributed by atoms with E-state index in [0.29, 0.717) is 20.9 Å². The molecule has 0 atom stereocenters. The van der Waals surface area contributed by atoms with E-state index in [4.69, 9.17) is 23.2 Å². The number of amides is 1. The van der Waals surface area contributed by atoms with Gasteiger partial charge in [-0.25, -0.2) is 9.97 Å². The second kappa shape index (κ2) is 6.62. The van der Waals surface area contributed by atoms with Gasteiger partial charge in [0.2, 0.25) is 5.95 Å². The molecule has 3 rings (SSSR count). The topological polar surface area (TPSA) is 54.9 Å². The van der Waals surface area contributed by atoms with Gasteiger partial charge in [-0.05, 0) is 30.3 Å². The zero-order chi connectivity index (χ0) is 16.4. The maximum absolute atomic E-state index is 12.8. The van der Waals surface area contributed by atoms with Gasteiger partial charge >= 0.3 is 0 Å². The van der Waals surface area contributed by atoms with Crippen LogP contribution in [0.15, 0.2) is 41.9 Å². The van der Waals surface area contributed by atoms with E-state index in [-0.39, 0.29) is 5.56 Å². The average Bonchev–Trinajstić information content (AvgIpc) is 2.96. The summed E-state index contributed by atoms with van der Waals surface area (Å²) in [7, 11) is 0. The first-order chi connectivity index (χ1) is 11.0. The second-order valence-electron chi connectivity index (χ2n) is 4.49. The fourth-order valence-corrected chi connectivity index (χ4v) is 3.04. The Balaban J connectivity index is 1.79. The van der Waals surface area contributed by atoms with E-state index < -0.39 is 11.9 Å². The molecule has 0 aliphatic heterocycles. The molecule has 0 unspecified atom stereocenters. The predicted octanol–water partition coefficient (Wildman–Crippen LogP) is 4.90. The highest BCUT2D eigenvalue weighted by atomic mass is 35.5. The van der Waals surface area contributed by atoms with Gasteiger partial charge in [0.1, 0.15) is 0 Å². The number of carbonyl (C=O) groups excluding carboxylic acids is 1. The number of halogens is 3. The normalized spacial score (nSPS) is 10.6. The van der Waals surface area contributed by atoms with Crippen LogP contribution in [0.3, 0.4) is 0 Å². The Kier molecular flexibility index (Phi) is 4.56. The molecule has 1 amide bonds. The van der Waals surface area contributed by atoms with E-state index >= 15 is 0 Å². The monoisotopic (exact) mass is 367 g/mol. The number of anilines is 1. The third kappa shape index (κ3) is 3.67. The maximum atomic E-state index is 12.8. The number of aromatic nitrogens is 2. The molecule has 1 N–H and O–H groups in total. The molecule has 0 aliphatic carbocycles. The molecule has 3 aromatic rings. The highest BCUT2D eigenvalue weighted by molar-refractivity contribution is 7.14. The highest BCUT2D eigenvalue weighted by Gasteiger charge is 2.12. The van der Waals surface area contributed by atoms with E-state index in [1.54, 1.807) is 23.6 Å². The summed E-state index contributed by atoms with van der Waals surface area (Å²) in [6.45, 7) is 0. The first-order valence-corrected chi connectivity index (χ1v) is 8.00. The minimum Gasteiger partial charge on any atom is -0.298 e. The molecule has 4 nitrogen and oxygen atoms in total. The van der Waals surface area contributed by atoms with Crippen LogP contribution in [0.1, 0.15) is 10.4 Å². The summed E-state index contributed by atoms with van der Waals surface area (Å²) in [5.41, 5.74) is 1.59. The summed E-state index contributed by atoms with van der Waals surface area (Å²) in [6.07, 6.45) is 1.16. The van der Waals surface area contributed by atoms with Crippen molar-refractivity contribution in [3.05, 3.63) is 63.5 Å². The van der Waals surface area contributed by atoms with Gasteiger partial charge < -0.3 is 0 Å². The predicted molar refractivity (Wildman–Crippen MR) is 89.7 cm³/mol. The molecule has 0 radical (unpaired) electrons. The third-order valence-corrected chi connectivity index (χ3v) is 4.23. The Labute approximate surface area is 144 Å². The zero-order valence-corrected chi connectivity index (χ0v) is 13.7. The molecule has 0 saturated heterocycles. The molecule has 2 heterocycles. The number of pyridine rings is 1. The Hall–Kier alpha value is -2.02. The quantitative estimate of drug-likeness (QED) is 0.669. The number of rotatable bonds is 3. The smallest absolute Gasteiger partial charge is 0.259 e. The molecule has 0 spiro atoms. The Bertz CT molecular complexity index is 867. The lowest BCUT2D eigenvalue weighted by Crippen LogP contribution is -2.12. The molecule has 23 heavy (non-hydrogen) atoms. The van der Waals surface area contributed by atoms with E-state index in [1.165, 1.54) is 17.4 Å². The van der Waals surface area contributed by atoms with Crippen molar-refractivity contribution in [2.45, 2.75) is 0 Å². The number of carbonyl (C=O) groups is 1. The van der Waals surface area contributed by atoms with Crippen molar-refractivity contribution in [2.75, 3.05) is 5.32 Å².